The molecule has 0 radical (unpaired) electrons. The smallest absolute Gasteiger partial charge is 0.186 e. The number of rotatable bonds is 4. The molecule has 1 saturated heterocycles. The van der Waals surface area contributed by atoms with E-state index in [-0.39, 0.29) is 13.2 Å². The van der Waals surface area contributed by atoms with E-state index in [4.69, 9.17) is 19.3 Å². The Bertz CT molecular complexity index is 164. The van der Waals surface area contributed by atoms with Crippen molar-refractivity contribution >= 4 is 0 Å². The van der Waals surface area contributed by atoms with Crippen molar-refractivity contribution in [3.8, 4) is 0 Å². The molecule has 14 heavy (non-hydrogen) atoms. The third-order valence-electron chi connectivity index (χ3n) is 2.02. The van der Waals surface area contributed by atoms with Crippen LogP contribution in [0.2, 0.25) is 0 Å². The summed E-state index contributed by atoms with van der Waals surface area (Å²) in [5, 5.41) is 27.8. The molecule has 0 aromatic carbocycles. The molecule has 3 N–H and O–H groups in total. The summed E-state index contributed by atoms with van der Waals surface area (Å²) in [7, 11) is 1.53. The van der Waals surface area contributed by atoms with Crippen LogP contribution in [0.3, 0.4) is 0 Å². The van der Waals surface area contributed by atoms with Gasteiger partial charge in [0, 0.05) is 7.11 Å². The van der Waals surface area contributed by atoms with Crippen LogP contribution in [0.25, 0.3) is 0 Å². The summed E-state index contributed by atoms with van der Waals surface area (Å²) in [6.45, 7) is 0.599. The van der Waals surface area contributed by atoms with E-state index in [0.29, 0.717) is 6.61 Å². The second-order valence-electron chi connectivity index (χ2n) is 3.11. The molecule has 0 bridgehead atoms. The summed E-state index contributed by atoms with van der Waals surface area (Å²) in [4.78, 5) is 0. The van der Waals surface area contributed by atoms with Gasteiger partial charge in [-0.3, -0.25) is 0 Å². The van der Waals surface area contributed by atoms with Gasteiger partial charge in [-0.2, -0.15) is 0 Å². The van der Waals surface area contributed by atoms with Gasteiger partial charge in [-0.05, 0) is 0 Å². The highest BCUT2D eigenvalue weighted by Gasteiger charge is 2.37. The van der Waals surface area contributed by atoms with E-state index in [1.54, 1.807) is 0 Å². The van der Waals surface area contributed by atoms with E-state index in [1.165, 1.54) is 7.11 Å². The van der Waals surface area contributed by atoms with Crippen LogP contribution in [0.5, 0.6) is 0 Å². The van der Waals surface area contributed by atoms with E-state index in [2.05, 4.69) is 0 Å². The van der Waals surface area contributed by atoms with Crippen molar-refractivity contribution in [2.45, 2.75) is 24.6 Å². The molecule has 1 heterocycles. The molecule has 0 aromatic rings. The average Bonchev–Trinajstić information content (AvgIpc) is 2.18. The first-order valence-electron chi connectivity index (χ1n) is 4.43. The number of aliphatic hydroxyl groups is 3. The molecule has 0 saturated carbocycles. The Kier molecular flexibility index (Phi) is 4.73. The van der Waals surface area contributed by atoms with E-state index in [1.807, 2.05) is 0 Å². The summed E-state index contributed by atoms with van der Waals surface area (Å²) in [5.74, 6) is 0. The SMILES string of the molecule is COCCOC1OCC(O)C(O)C1O. The molecule has 4 atom stereocenters. The largest absolute Gasteiger partial charge is 0.388 e. The zero-order valence-electron chi connectivity index (χ0n) is 8.00. The molecule has 6 nitrogen and oxygen atoms in total. The fourth-order valence-corrected chi connectivity index (χ4v) is 1.17. The van der Waals surface area contributed by atoms with Gasteiger partial charge in [0.25, 0.3) is 0 Å². The fourth-order valence-electron chi connectivity index (χ4n) is 1.17. The van der Waals surface area contributed by atoms with E-state index < -0.39 is 24.6 Å². The van der Waals surface area contributed by atoms with Gasteiger partial charge in [0.1, 0.15) is 18.3 Å². The molecule has 1 fully saturated rings. The Hall–Kier alpha value is -0.240. The highest BCUT2D eigenvalue weighted by molar-refractivity contribution is 4.82. The quantitative estimate of drug-likeness (QED) is 0.467. The van der Waals surface area contributed by atoms with E-state index in [9.17, 15) is 10.2 Å². The molecule has 1 rings (SSSR count). The molecule has 4 unspecified atom stereocenters. The van der Waals surface area contributed by atoms with Crippen LogP contribution < -0.4 is 0 Å². The Morgan fingerprint density at radius 1 is 1.21 bits per heavy atom. The third kappa shape index (κ3) is 2.88. The van der Waals surface area contributed by atoms with Crippen molar-refractivity contribution < 1.29 is 29.5 Å². The van der Waals surface area contributed by atoms with Crippen LogP contribution in [-0.4, -0.2) is 66.9 Å². The van der Waals surface area contributed by atoms with Crippen LogP contribution in [0.4, 0.5) is 0 Å². The van der Waals surface area contributed by atoms with Crippen LogP contribution >= 0.6 is 0 Å². The summed E-state index contributed by atoms with van der Waals surface area (Å²) in [5.41, 5.74) is 0. The minimum atomic E-state index is -1.23. The molecule has 0 aliphatic carbocycles. The van der Waals surface area contributed by atoms with Gasteiger partial charge in [0.2, 0.25) is 0 Å². The first-order valence-corrected chi connectivity index (χ1v) is 4.43. The monoisotopic (exact) mass is 208 g/mol. The predicted octanol–water partition coefficient (Wildman–Crippen LogP) is -1.91. The molecule has 0 aromatic heterocycles. The predicted molar refractivity (Wildman–Crippen MR) is 45.6 cm³/mol. The zero-order chi connectivity index (χ0) is 10.6. The summed E-state index contributed by atoms with van der Waals surface area (Å²) in [6.07, 6.45) is -4.41. The van der Waals surface area contributed by atoms with Crippen molar-refractivity contribution in [1.82, 2.24) is 0 Å². The number of hydrogen-bond donors (Lipinski definition) is 3. The normalized spacial score (nSPS) is 38.6. The topological polar surface area (TPSA) is 88.4 Å². The first-order chi connectivity index (χ1) is 6.66. The van der Waals surface area contributed by atoms with Crippen molar-refractivity contribution in [1.29, 1.82) is 0 Å². The van der Waals surface area contributed by atoms with E-state index >= 15 is 0 Å². The minimum absolute atomic E-state index is 0.0458. The minimum Gasteiger partial charge on any atom is -0.388 e. The number of ether oxygens (including phenoxy) is 3. The third-order valence-corrected chi connectivity index (χ3v) is 2.02. The maximum atomic E-state index is 9.41. The number of hydrogen-bond acceptors (Lipinski definition) is 6. The lowest BCUT2D eigenvalue weighted by atomic mass is 10.1. The standard InChI is InChI=1S/C8H16O6/c1-12-2-3-13-8-7(11)6(10)5(9)4-14-8/h5-11H,2-4H2,1H3. The first kappa shape index (κ1) is 11.8. The van der Waals surface area contributed by atoms with Crippen LogP contribution in [0.15, 0.2) is 0 Å². The molecule has 84 valence electrons. The molecular formula is C8H16O6. The summed E-state index contributed by atoms with van der Waals surface area (Å²) < 4.78 is 14.8. The lowest BCUT2D eigenvalue weighted by Gasteiger charge is -2.34. The van der Waals surface area contributed by atoms with Gasteiger partial charge < -0.3 is 29.5 Å². The lowest BCUT2D eigenvalue weighted by molar-refractivity contribution is -0.271. The Morgan fingerprint density at radius 3 is 2.57 bits per heavy atom. The van der Waals surface area contributed by atoms with Crippen molar-refractivity contribution in [3.05, 3.63) is 0 Å². The van der Waals surface area contributed by atoms with Crippen molar-refractivity contribution in [3.63, 3.8) is 0 Å². The summed E-state index contributed by atoms with van der Waals surface area (Å²) >= 11 is 0. The summed E-state index contributed by atoms with van der Waals surface area (Å²) in [6, 6.07) is 0. The maximum Gasteiger partial charge on any atom is 0.186 e. The van der Waals surface area contributed by atoms with Gasteiger partial charge in [0.15, 0.2) is 6.29 Å². The Morgan fingerprint density at radius 2 is 1.93 bits per heavy atom. The molecule has 0 spiro atoms. The van der Waals surface area contributed by atoms with Crippen LogP contribution in [-0.2, 0) is 14.2 Å². The Labute approximate surface area is 82.0 Å². The van der Waals surface area contributed by atoms with Crippen LogP contribution in [0.1, 0.15) is 0 Å². The molecular weight excluding hydrogens is 192 g/mol. The molecule has 1 aliphatic heterocycles. The highest BCUT2D eigenvalue weighted by Crippen LogP contribution is 2.16. The molecule has 0 amide bonds. The van der Waals surface area contributed by atoms with Crippen LogP contribution in [0, 0.1) is 0 Å². The average molecular weight is 208 g/mol. The number of aliphatic hydroxyl groups excluding tert-OH is 3. The Balaban J connectivity index is 2.31. The van der Waals surface area contributed by atoms with Gasteiger partial charge in [-0.1, -0.05) is 0 Å². The van der Waals surface area contributed by atoms with Gasteiger partial charge in [-0.15, -0.1) is 0 Å². The second kappa shape index (κ2) is 5.59. The lowest BCUT2D eigenvalue weighted by Crippen LogP contribution is -2.53. The van der Waals surface area contributed by atoms with Crippen molar-refractivity contribution in [2.75, 3.05) is 26.9 Å². The van der Waals surface area contributed by atoms with Gasteiger partial charge in [-0.25, -0.2) is 0 Å². The maximum absolute atomic E-state index is 9.41. The number of methoxy groups -OCH3 is 1. The molecule has 1 aliphatic rings. The van der Waals surface area contributed by atoms with E-state index in [0.717, 1.165) is 0 Å². The zero-order valence-corrected chi connectivity index (χ0v) is 8.00. The molecule has 6 heteroatoms. The fraction of sp³-hybridized carbons (Fsp3) is 1.00. The highest BCUT2D eigenvalue weighted by atomic mass is 16.7. The second-order valence-corrected chi connectivity index (χ2v) is 3.11. The van der Waals surface area contributed by atoms with Gasteiger partial charge >= 0.3 is 0 Å². The van der Waals surface area contributed by atoms with Crippen molar-refractivity contribution in [2.24, 2.45) is 0 Å². The van der Waals surface area contributed by atoms with Gasteiger partial charge in [0.05, 0.1) is 19.8 Å².